The molecule has 0 saturated heterocycles. The van der Waals surface area contributed by atoms with Gasteiger partial charge in [0.05, 0.1) is 0 Å². The largest absolute Gasteiger partial charge is 0.240 e. The van der Waals surface area contributed by atoms with E-state index < -0.39 is 0 Å². The second-order valence-corrected chi connectivity index (χ2v) is 2.39. The van der Waals surface area contributed by atoms with Crippen LogP contribution in [0.3, 0.4) is 0 Å². The number of nitrogens with zero attached hydrogens (tertiary/aromatic N) is 2. The molecule has 1 aromatic rings. The van der Waals surface area contributed by atoms with E-state index >= 15 is 0 Å². The molecule has 56 valence electrons. The van der Waals surface area contributed by atoms with Crippen LogP contribution in [0.5, 0.6) is 0 Å². The second kappa shape index (κ2) is 3.49. The van der Waals surface area contributed by atoms with Crippen LogP contribution < -0.4 is 0 Å². The number of carbonyl (C=O) groups excluding carboxylic acids is 1. The van der Waals surface area contributed by atoms with Crippen LogP contribution in [-0.4, -0.2) is 11.1 Å². The van der Waals surface area contributed by atoms with Crippen molar-refractivity contribution in [3.8, 4) is 0 Å². The zero-order chi connectivity index (χ0) is 8.27. The van der Waals surface area contributed by atoms with Crippen molar-refractivity contribution in [3.05, 3.63) is 22.4 Å². The predicted octanol–water partition coefficient (Wildman–Crippen LogP) is 2.36. The maximum atomic E-state index is 9.80. The Morgan fingerprint density at radius 3 is 2.73 bits per heavy atom. The van der Waals surface area contributed by atoms with Gasteiger partial charge in [-0.1, -0.05) is 23.2 Å². The van der Waals surface area contributed by atoms with Crippen molar-refractivity contribution in [3.63, 3.8) is 0 Å². The molecule has 0 aromatic carbocycles. The predicted molar refractivity (Wildman–Crippen MR) is 42.0 cm³/mol. The van der Waals surface area contributed by atoms with Gasteiger partial charge in [-0.25, -0.2) is 9.78 Å². The summed E-state index contributed by atoms with van der Waals surface area (Å²) in [6.07, 6.45) is 1.35. The summed E-state index contributed by atoms with van der Waals surface area (Å²) in [5.41, 5.74) is 0.270. The van der Waals surface area contributed by atoms with Gasteiger partial charge in [0.2, 0.25) is 6.08 Å². The zero-order valence-electron chi connectivity index (χ0n) is 5.21. The van der Waals surface area contributed by atoms with Gasteiger partial charge in [-0.15, -0.1) is 0 Å². The first-order valence-electron chi connectivity index (χ1n) is 2.64. The van der Waals surface area contributed by atoms with Crippen molar-refractivity contribution in [1.29, 1.82) is 0 Å². The zero-order valence-corrected chi connectivity index (χ0v) is 6.73. The Morgan fingerprint density at radius 2 is 2.18 bits per heavy atom. The van der Waals surface area contributed by atoms with Crippen molar-refractivity contribution in [2.45, 2.75) is 0 Å². The van der Waals surface area contributed by atoms with Crippen LogP contribution in [0.4, 0.5) is 5.69 Å². The summed E-state index contributed by atoms with van der Waals surface area (Å²) in [5.74, 6) is 0. The van der Waals surface area contributed by atoms with Crippen LogP contribution in [0.15, 0.2) is 17.1 Å². The lowest BCUT2D eigenvalue weighted by Gasteiger charge is -1.93. The Labute approximate surface area is 72.7 Å². The summed E-state index contributed by atoms with van der Waals surface area (Å²) >= 11 is 11.0. The van der Waals surface area contributed by atoms with E-state index in [1.807, 2.05) is 0 Å². The quantitative estimate of drug-likeness (QED) is 0.386. The van der Waals surface area contributed by atoms with E-state index in [2.05, 4.69) is 9.98 Å². The van der Waals surface area contributed by atoms with Crippen LogP contribution >= 0.6 is 23.2 Å². The van der Waals surface area contributed by atoms with Gasteiger partial charge in [-0.3, -0.25) is 0 Å². The number of aromatic nitrogens is 1. The maximum Gasteiger partial charge on any atom is 0.240 e. The van der Waals surface area contributed by atoms with Crippen molar-refractivity contribution in [2.75, 3.05) is 0 Å². The number of pyridine rings is 1. The molecule has 0 aliphatic heterocycles. The van der Waals surface area contributed by atoms with Crippen LogP contribution in [0, 0.1) is 0 Å². The smallest absolute Gasteiger partial charge is 0.222 e. The molecule has 0 radical (unpaired) electrons. The summed E-state index contributed by atoms with van der Waals surface area (Å²) in [5, 5.41) is 0.362. The minimum atomic E-state index is 0.0980. The lowest BCUT2D eigenvalue weighted by molar-refractivity contribution is 0.565. The minimum Gasteiger partial charge on any atom is -0.222 e. The molecule has 1 aromatic heterocycles. The molecule has 0 fully saturated rings. The van der Waals surface area contributed by atoms with Gasteiger partial charge in [0, 0.05) is 0 Å². The normalized spacial score (nSPS) is 8.91. The third-order valence-corrected chi connectivity index (χ3v) is 1.45. The molecule has 1 heterocycles. The molecular formula is C6H2Cl2N2O. The fraction of sp³-hybridized carbons (Fsp3) is 0. The van der Waals surface area contributed by atoms with E-state index in [0.717, 1.165) is 0 Å². The Bertz CT molecular complexity index is 320. The third kappa shape index (κ3) is 2.02. The second-order valence-electron chi connectivity index (χ2n) is 1.65. The molecule has 0 unspecified atom stereocenters. The number of rotatable bonds is 1. The first-order valence-corrected chi connectivity index (χ1v) is 3.39. The summed E-state index contributed by atoms with van der Waals surface area (Å²) in [7, 11) is 0. The monoisotopic (exact) mass is 188 g/mol. The Balaban J connectivity index is 3.19. The fourth-order valence-corrected chi connectivity index (χ4v) is 0.924. The van der Waals surface area contributed by atoms with E-state index in [1.165, 1.54) is 18.2 Å². The van der Waals surface area contributed by atoms with Gasteiger partial charge >= 0.3 is 0 Å². The average molecular weight is 189 g/mol. The summed E-state index contributed by atoms with van der Waals surface area (Å²) in [4.78, 5) is 16.7. The topological polar surface area (TPSA) is 42.3 Å². The highest BCUT2D eigenvalue weighted by molar-refractivity contribution is 6.34. The van der Waals surface area contributed by atoms with Gasteiger partial charge in [-0.05, 0) is 12.1 Å². The molecule has 1 rings (SSSR count). The third-order valence-electron chi connectivity index (χ3n) is 0.961. The number of isocyanates is 1. The van der Waals surface area contributed by atoms with Crippen LogP contribution in [-0.2, 0) is 4.79 Å². The first-order chi connectivity index (χ1) is 5.24. The maximum absolute atomic E-state index is 9.80. The molecular weight excluding hydrogens is 187 g/mol. The molecule has 0 atom stereocenters. The minimum absolute atomic E-state index is 0.0980. The molecule has 11 heavy (non-hydrogen) atoms. The number of hydrogen-bond donors (Lipinski definition) is 0. The van der Waals surface area contributed by atoms with Crippen LogP contribution in [0.25, 0.3) is 0 Å². The van der Waals surface area contributed by atoms with E-state index in [0.29, 0.717) is 0 Å². The number of hydrogen-bond acceptors (Lipinski definition) is 3. The van der Waals surface area contributed by atoms with Crippen molar-refractivity contribution in [2.24, 2.45) is 4.99 Å². The lowest BCUT2D eigenvalue weighted by atomic mass is 10.4. The SMILES string of the molecule is O=C=Nc1ccc(Cl)nc1Cl. The average Bonchev–Trinajstić information content (AvgIpc) is 1.95. The fourth-order valence-electron chi connectivity index (χ4n) is 0.537. The van der Waals surface area contributed by atoms with Crippen LogP contribution in [0.2, 0.25) is 10.3 Å². The Morgan fingerprint density at radius 1 is 1.45 bits per heavy atom. The Kier molecular flexibility index (Phi) is 2.60. The number of aliphatic imine (C=N–C) groups is 1. The van der Waals surface area contributed by atoms with Crippen molar-refractivity contribution < 1.29 is 4.79 Å². The van der Waals surface area contributed by atoms with Gasteiger partial charge in [0.25, 0.3) is 0 Å². The highest BCUT2D eigenvalue weighted by atomic mass is 35.5. The lowest BCUT2D eigenvalue weighted by Crippen LogP contribution is -1.75. The van der Waals surface area contributed by atoms with Gasteiger partial charge in [0.1, 0.15) is 10.8 Å². The molecule has 0 spiro atoms. The van der Waals surface area contributed by atoms with E-state index in [9.17, 15) is 4.79 Å². The molecule has 0 N–H and O–H groups in total. The number of halogens is 2. The first kappa shape index (κ1) is 8.21. The van der Waals surface area contributed by atoms with Crippen molar-refractivity contribution in [1.82, 2.24) is 4.98 Å². The molecule has 0 aliphatic carbocycles. The molecule has 0 aliphatic rings. The van der Waals surface area contributed by atoms with Gasteiger partial charge in [-0.2, -0.15) is 4.99 Å². The van der Waals surface area contributed by atoms with Gasteiger partial charge < -0.3 is 0 Å². The van der Waals surface area contributed by atoms with E-state index in [4.69, 9.17) is 23.2 Å². The molecule has 0 amide bonds. The summed E-state index contributed by atoms with van der Waals surface area (Å²) < 4.78 is 0. The standard InChI is InChI=1S/C6H2Cl2N2O/c7-5-2-1-4(9-3-11)6(8)10-5/h1-2H. The molecule has 0 bridgehead atoms. The molecule has 3 nitrogen and oxygen atoms in total. The highest BCUT2D eigenvalue weighted by Gasteiger charge is 1.99. The summed E-state index contributed by atoms with van der Waals surface area (Å²) in [6.45, 7) is 0. The molecule has 0 saturated carbocycles. The summed E-state index contributed by atoms with van der Waals surface area (Å²) in [6, 6.07) is 2.98. The van der Waals surface area contributed by atoms with E-state index in [-0.39, 0.29) is 16.0 Å². The van der Waals surface area contributed by atoms with Gasteiger partial charge in [0.15, 0.2) is 5.15 Å². The van der Waals surface area contributed by atoms with Crippen LogP contribution in [0.1, 0.15) is 0 Å². The Hall–Kier alpha value is -0.890. The highest BCUT2D eigenvalue weighted by Crippen LogP contribution is 2.23. The van der Waals surface area contributed by atoms with Crippen molar-refractivity contribution >= 4 is 35.0 Å². The molecule has 5 heteroatoms. The van der Waals surface area contributed by atoms with E-state index in [1.54, 1.807) is 0 Å².